The predicted molar refractivity (Wildman–Crippen MR) is 85.6 cm³/mol. The van der Waals surface area contributed by atoms with Gasteiger partial charge in [-0.05, 0) is 43.0 Å². The van der Waals surface area contributed by atoms with Gasteiger partial charge in [0.05, 0.1) is 11.1 Å². The van der Waals surface area contributed by atoms with Crippen molar-refractivity contribution in [3.63, 3.8) is 0 Å². The zero-order valence-electron chi connectivity index (χ0n) is 11.3. The summed E-state index contributed by atoms with van der Waals surface area (Å²) in [7, 11) is 0. The lowest BCUT2D eigenvalue weighted by molar-refractivity contribution is 0.551. The monoisotopic (exact) mass is 331 g/mol. The second kappa shape index (κ2) is 6.90. The van der Waals surface area contributed by atoms with Crippen LogP contribution >= 0.6 is 34.5 Å². The first kappa shape index (κ1) is 15.8. The predicted octanol–water partition coefficient (Wildman–Crippen LogP) is 5.59. The van der Waals surface area contributed by atoms with Gasteiger partial charge in [-0.1, -0.05) is 36.2 Å². The number of halogens is 3. The minimum Gasteiger partial charge on any atom is -0.305 e. The van der Waals surface area contributed by atoms with Crippen molar-refractivity contribution in [3.05, 3.63) is 55.4 Å². The lowest BCUT2D eigenvalue weighted by atomic mass is 10.0. The van der Waals surface area contributed by atoms with Crippen LogP contribution in [0.15, 0.2) is 23.6 Å². The number of thiophene rings is 1. The zero-order valence-corrected chi connectivity index (χ0v) is 13.7. The molecular formula is C15H16Cl2FNS. The van der Waals surface area contributed by atoms with E-state index in [-0.39, 0.29) is 11.9 Å². The minimum atomic E-state index is -0.312. The Bertz CT molecular complexity index is 598. The molecule has 0 fully saturated rings. The van der Waals surface area contributed by atoms with E-state index in [1.165, 1.54) is 6.07 Å². The van der Waals surface area contributed by atoms with Gasteiger partial charge in [0.1, 0.15) is 5.82 Å². The average Bonchev–Trinajstić information content (AvgIpc) is 2.73. The summed E-state index contributed by atoms with van der Waals surface area (Å²) in [4.78, 5) is 0.943. The lowest BCUT2D eigenvalue weighted by Gasteiger charge is -2.19. The standard InChI is InChI=1S/C15H16Cl2FNS/c1-3-6-19-14(15-13(17)9(2)8-20-15)11-5-4-10(16)7-12(11)18/h4-5,7-8,14,19H,3,6H2,1-2H3. The third kappa shape index (κ3) is 3.34. The molecular weight excluding hydrogens is 316 g/mol. The average molecular weight is 332 g/mol. The van der Waals surface area contributed by atoms with Crippen molar-refractivity contribution in [2.24, 2.45) is 0 Å². The van der Waals surface area contributed by atoms with E-state index in [9.17, 15) is 4.39 Å². The third-order valence-electron chi connectivity index (χ3n) is 3.06. The molecule has 0 aliphatic heterocycles. The van der Waals surface area contributed by atoms with E-state index in [0.717, 1.165) is 23.4 Å². The van der Waals surface area contributed by atoms with Crippen molar-refractivity contribution in [1.29, 1.82) is 0 Å². The Morgan fingerprint density at radius 1 is 1.35 bits per heavy atom. The minimum absolute atomic E-state index is 0.238. The molecule has 1 aromatic heterocycles. The highest BCUT2D eigenvalue weighted by Gasteiger charge is 2.22. The fourth-order valence-corrected chi connectivity index (χ4v) is 3.57. The lowest BCUT2D eigenvalue weighted by Crippen LogP contribution is -2.23. The summed E-state index contributed by atoms with van der Waals surface area (Å²) in [5.41, 5.74) is 1.59. The van der Waals surface area contributed by atoms with Crippen LogP contribution in [0, 0.1) is 12.7 Å². The Morgan fingerprint density at radius 2 is 2.10 bits per heavy atom. The zero-order chi connectivity index (χ0) is 14.7. The van der Waals surface area contributed by atoms with Gasteiger partial charge in [0.15, 0.2) is 0 Å². The van der Waals surface area contributed by atoms with Gasteiger partial charge in [-0.15, -0.1) is 11.3 Å². The van der Waals surface area contributed by atoms with Crippen LogP contribution in [0.2, 0.25) is 10.0 Å². The van der Waals surface area contributed by atoms with Gasteiger partial charge in [0.25, 0.3) is 0 Å². The number of hydrogen-bond donors (Lipinski definition) is 1. The van der Waals surface area contributed by atoms with Crippen LogP contribution in [-0.4, -0.2) is 6.54 Å². The Hall–Kier alpha value is -0.610. The second-order valence-electron chi connectivity index (χ2n) is 4.65. The number of aryl methyl sites for hydroxylation is 1. The molecule has 0 radical (unpaired) electrons. The summed E-state index contributed by atoms with van der Waals surface area (Å²) in [6, 6.07) is 4.52. The molecule has 1 nitrogen and oxygen atoms in total. The number of rotatable bonds is 5. The van der Waals surface area contributed by atoms with Gasteiger partial charge < -0.3 is 5.32 Å². The van der Waals surface area contributed by atoms with E-state index < -0.39 is 0 Å². The maximum atomic E-state index is 14.2. The number of hydrogen-bond acceptors (Lipinski definition) is 2. The fraction of sp³-hybridized carbons (Fsp3) is 0.333. The summed E-state index contributed by atoms with van der Waals surface area (Å²) >= 11 is 13.7. The van der Waals surface area contributed by atoms with E-state index >= 15 is 0 Å². The van der Waals surface area contributed by atoms with Gasteiger partial charge in [0.2, 0.25) is 0 Å². The van der Waals surface area contributed by atoms with Crippen molar-refractivity contribution >= 4 is 34.5 Å². The van der Waals surface area contributed by atoms with Crippen molar-refractivity contribution in [3.8, 4) is 0 Å². The highest BCUT2D eigenvalue weighted by Crippen LogP contribution is 2.37. The molecule has 0 aliphatic rings. The highest BCUT2D eigenvalue weighted by molar-refractivity contribution is 7.10. The molecule has 0 bridgehead atoms. The van der Waals surface area contributed by atoms with E-state index in [0.29, 0.717) is 15.6 Å². The van der Waals surface area contributed by atoms with E-state index in [4.69, 9.17) is 23.2 Å². The molecule has 2 rings (SSSR count). The van der Waals surface area contributed by atoms with Crippen LogP contribution in [0.4, 0.5) is 4.39 Å². The molecule has 20 heavy (non-hydrogen) atoms. The van der Waals surface area contributed by atoms with Gasteiger partial charge in [-0.2, -0.15) is 0 Å². The fourth-order valence-electron chi connectivity index (χ4n) is 2.01. The quantitative estimate of drug-likeness (QED) is 0.752. The largest absolute Gasteiger partial charge is 0.305 e. The summed E-state index contributed by atoms with van der Waals surface area (Å²) in [5, 5.41) is 6.46. The molecule has 0 aliphatic carbocycles. The Labute approximate surface area is 132 Å². The van der Waals surface area contributed by atoms with Gasteiger partial charge >= 0.3 is 0 Å². The summed E-state index contributed by atoms with van der Waals surface area (Å²) < 4.78 is 14.2. The first-order chi connectivity index (χ1) is 9.54. The Balaban J connectivity index is 2.44. The van der Waals surface area contributed by atoms with Crippen molar-refractivity contribution in [1.82, 2.24) is 5.32 Å². The molecule has 1 heterocycles. The molecule has 0 spiro atoms. The van der Waals surface area contributed by atoms with Crippen LogP contribution < -0.4 is 5.32 Å². The normalized spacial score (nSPS) is 12.7. The van der Waals surface area contributed by atoms with Crippen LogP contribution in [0.25, 0.3) is 0 Å². The maximum absolute atomic E-state index is 14.2. The topological polar surface area (TPSA) is 12.0 Å². The number of nitrogens with one attached hydrogen (secondary N) is 1. The number of benzene rings is 1. The van der Waals surface area contributed by atoms with Crippen LogP contribution in [0.5, 0.6) is 0 Å². The first-order valence-corrected chi connectivity index (χ1v) is 8.10. The van der Waals surface area contributed by atoms with Crippen molar-refractivity contribution in [2.75, 3.05) is 6.54 Å². The van der Waals surface area contributed by atoms with Crippen LogP contribution in [0.3, 0.4) is 0 Å². The van der Waals surface area contributed by atoms with Gasteiger partial charge in [-0.3, -0.25) is 0 Å². The highest BCUT2D eigenvalue weighted by atomic mass is 35.5. The smallest absolute Gasteiger partial charge is 0.129 e. The van der Waals surface area contributed by atoms with Crippen LogP contribution in [-0.2, 0) is 0 Å². The Morgan fingerprint density at radius 3 is 2.65 bits per heavy atom. The van der Waals surface area contributed by atoms with Crippen molar-refractivity contribution < 1.29 is 4.39 Å². The summed E-state index contributed by atoms with van der Waals surface area (Å²) in [5.74, 6) is -0.312. The van der Waals surface area contributed by atoms with Gasteiger partial charge in [0, 0.05) is 15.5 Å². The third-order valence-corrected chi connectivity index (χ3v) is 5.07. The molecule has 0 saturated carbocycles. The van der Waals surface area contributed by atoms with Gasteiger partial charge in [-0.25, -0.2) is 4.39 Å². The molecule has 108 valence electrons. The summed E-state index contributed by atoms with van der Waals surface area (Å²) in [6.07, 6.45) is 0.966. The van der Waals surface area contributed by atoms with E-state index in [1.807, 2.05) is 12.3 Å². The molecule has 1 N–H and O–H groups in total. The summed E-state index contributed by atoms with van der Waals surface area (Å²) in [6.45, 7) is 4.82. The van der Waals surface area contributed by atoms with E-state index in [1.54, 1.807) is 23.5 Å². The Kier molecular flexibility index (Phi) is 5.44. The molecule has 5 heteroatoms. The van der Waals surface area contributed by atoms with Crippen LogP contribution in [0.1, 0.15) is 35.4 Å². The van der Waals surface area contributed by atoms with Crippen molar-refractivity contribution in [2.45, 2.75) is 26.3 Å². The maximum Gasteiger partial charge on any atom is 0.129 e. The van der Waals surface area contributed by atoms with E-state index in [2.05, 4.69) is 12.2 Å². The first-order valence-electron chi connectivity index (χ1n) is 6.46. The molecule has 1 unspecified atom stereocenters. The molecule has 1 aromatic carbocycles. The molecule has 2 aromatic rings. The second-order valence-corrected chi connectivity index (χ2v) is 6.38. The molecule has 0 amide bonds. The SMILES string of the molecule is CCCNC(c1ccc(Cl)cc1F)c1scc(C)c1Cl. The molecule has 0 saturated heterocycles. The molecule has 1 atom stereocenters.